The first kappa shape index (κ1) is 12.9. The van der Waals surface area contributed by atoms with Crippen molar-refractivity contribution in [3.8, 4) is 6.07 Å². The van der Waals surface area contributed by atoms with E-state index in [0.717, 1.165) is 24.3 Å². The van der Waals surface area contributed by atoms with E-state index in [2.05, 4.69) is 11.0 Å². The van der Waals surface area contributed by atoms with Crippen LogP contribution < -0.4 is 4.90 Å². The van der Waals surface area contributed by atoms with Crippen molar-refractivity contribution >= 4 is 5.69 Å². The van der Waals surface area contributed by atoms with Gasteiger partial charge < -0.3 is 10.0 Å². The summed E-state index contributed by atoms with van der Waals surface area (Å²) in [6, 6.07) is 7.75. The molecule has 0 spiro atoms. The Morgan fingerprint density at radius 1 is 1.22 bits per heavy atom. The maximum absolute atomic E-state index is 9.86. The summed E-state index contributed by atoms with van der Waals surface area (Å²) in [5, 5.41) is 18.9. The Bertz CT molecular complexity index is 440. The average Bonchev–Trinajstić information content (AvgIpc) is 2.66. The Kier molecular flexibility index (Phi) is 4.22. The van der Waals surface area contributed by atoms with Crippen molar-refractivity contribution in [2.75, 3.05) is 18.0 Å². The lowest BCUT2D eigenvalue weighted by molar-refractivity contribution is 0.199. The minimum absolute atomic E-state index is 0.490. The summed E-state index contributed by atoms with van der Waals surface area (Å²) < 4.78 is 0. The smallest absolute Gasteiger partial charge is 0.0992 e. The van der Waals surface area contributed by atoms with Gasteiger partial charge in [-0.1, -0.05) is 18.9 Å². The van der Waals surface area contributed by atoms with Crippen molar-refractivity contribution in [3.63, 3.8) is 0 Å². The SMILES string of the molecule is CC(O)c1ccc(C#N)cc1N1CCCCCC1. The third-order valence-corrected chi connectivity index (χ3v) is 3.56. The van der Waals surface area contributed by atoms with Crippen molar-refractivity contribution in [3.05, 3.63) is 29.3 Å². The molecule has 0 aliphatic carbocycles. The van der Waals surface area contributed by atoms with Crippen LogP contribution in [0, 0.1) is 11.3 Å². The fourth-order valence-electron chi connectivity index (χ4n) is 2.55. The van der Waals surface area contributed by atoms with Gasteiger partial charge in [-0.05, 0) is 31.9 Å². The van der Waals surface area contributed by atoms with Gasteiger partial charge >= 0.3 is 0 Å². The Hall–Kier alpha value is -1.53. The highest BCUT2D eigenvalue weighted by atomic mass is 16.3. The first-order valence-electron chi connectivity index (χ1n) is 6.69. The van der Waals surface area contributed by atoms with Gasteiger partial charge in [-0.15, -0.1) is 0 Å². The molecule has 1 atom stereocenters. The molecule has 1 aliphatic rings. The van der Waals surface area contributed by atoms with Crippen LogP contribution in [0.5, 0.6) is 0 Å². The second kappa shape index (κ2) is 5.88. The number of nitrogens with zero attached hydrogens (tertiary/aromatic N) is 2. The number of benzene rings is 1. The van der Waals surface area contributed by atoms with Crippen molar-refractivity contribution < 1.29 is 5.11 Å². The molecule has 1 saturated heterocycles. The summed E-state index contributed by atoms with van der Waals surface area (Å²) in [5.41, 5.74) is 2.63. The van der Waals surface area contributed by atoms with Crippen LogP contribution in [0.1, 0.15) is 49.8 Å². The lowest BCUT2D eigenvalue weighted by Crippen LogP contribution is -2.25. The first-order valence-corrected chi connectivity index (χ1v) is 6.69. The van der Waals surface area contributed by atoms with Crippen LogP contribution in [-0.4, -0.2) is 18.2 Å². The molecule has 0 saturated carbocycles. The summed E-state index contributed by atoms with van der Waals surface area (Å²) in [5.74, 6) is 0. The van der Waals surface area contributed by atoms with Gasteiger partial charge in [-0.2, -0.15) is 5.26 Å². The van der Waals surface area contributed by atoms with Gasteiger partial charge in [0.05, 0.1) is 17.7 Å². The van der Waals surface area contributed by atoms with Gasteiger partial charge in [0.25, 0.3) is 0 Å². The molecule has 96 valence electrons. The van der Waals surface area contributed by atoms with E-state index in [-0.39, 0.29) is 0 Å². The van der Waals surface area contributed by atoms with Gasteiger partial charge in [0.1, 0.15) is 0 Å². The van der Waals surface area contributed by atoms with E-state index in [4.69, 9.17) is 5.26 Å². The predicted molar refractivity (Wildman–Crippen MR) is 72.5 cm³/mol. The lowest BCUT2D eigenvalue weighted by Gasteiger charge is -2.26. The standard InChI is InChI=1S/C15H20N2O/c1-12(18)14-7-6-13(11-16)10-15(14)17-8-4-2-3-5-9-17/h6-7,10,12,18H,2-5,8-9H2,1H3. The Balaban J connectivity index is 2.36. The second-order valence-electron chi connectivity index (χ2n) is 4.96. The maximum atomic E-state index is 9.86. The number of hydrogen-bond donors (Lipinski definition) is 1. The van der Waals surface area contributed by atoms with E-state index in [9.17, 15) is 5.11 Å². The molecule has 1 aliphatic heterocycles. The molecule has 2 rings (SSSR count). The van der Waals surface area contributed by atoms with Crippen LogP contribution in [0.25, 0.3) is 0 Å². The molecule has 1 unspecified atom stereocenters. The third-order valence-electron chi connectivity index (χ3n) is 3.56. The van der Waals surface area contributed by atoms with Gasteiger partial charge in [0.15, 0.2) is 0 Å². The Morgan fingerprint density at radius 2 is 1.89 bits per heavy atom. The van der Waals surface area contributed by atoms with Gasteiger partial charge in [0, 0.05) is 24.3 Å². The van der Waals surface area contributed by atoms with Gasteiger partial charge in [-0.3, -0.25) is 0 Å². The van der Waals surface area contributed by atoms with Crippen molar-refractivity contribution in [1.29, 1.82) is 5.26 Å². The molecule has 1 heterocycles. The molecule has 3 nitrogen and oxygen atoms in total. The molecular weight excluding hydrogens is 224 g/mol. The minimum Gasteiger partial charge on any atom is -0.389 e. The Labute approximate surface area is 109 Å². The van der Waals surface area contributed by atoms with Crippen molar-refractivity contribution in [2.24, 2.45) is 0 Å². The van der Waals surface area contributed by atoms with E-state index < -0.39 is 6.10 Å². The topological polar surface area (TPSA) is 47.3 Å². The summed E-state index contributed by atoms with van der Waals surface area (Å²) in [7, 11) is 0. The van der Waals surface area contributed by atoms with Crippen LogP contribution in [0.15, 0.2) is 18.2 Å². The summed E-state index contributed by atoms with van der Waals surface area (Å²) in [6.07, 6.45) is 4.44. The number of rotatable bonds is 2. The lowest BCUT2D eigenvalue weighted by atomic mass is 10.0. The van der Waals surface area contributed by atoms with Crippen LogP contribution in [-0.2, 0) is 0 Å². The van der Waals surface area contributed by atoms with E-state index in [1.165, 1.54) is 25.7 Å². The van der Waals surface area contributed by atoms with E-state index in [0.29, 0.717) is 5.56 Å². The minimum atomic E-state index is -0.490. The fourth-order valence-corrected chi connectivity index (χ4v) is 2.55. The second-order valence-corrected chi connectivity index (χ2v) is 4.96. The molecule has 1 fully saturated rings. The summed E-state index contributed by atoms with van der Waals surface area (Å²) >= 11 is 0. The summed E-state index contributed by atoms with van der Waals surface area (Å²) in [6.45, 7) is 3.83. The Morgan fingerprint density at radius 3 is 2.44 bits per heavy atom. The van der Waals surface area contributed by atoms with Gasteiger partial charge in [-0.25, -0.2) is 0 Å². The molecule has 1 aromatic carbocycles. The zero-order valence-corrected chi connectivity index (χ0v) is 10.9. The molecule has 1 N–H and O–H groups in total. The summed E-state index contributed by atoms with van der Waals surface area (Å²) in [4.78, 5) is 2.32. The molecule has 0 radical (unpaired) electrons. The van der Waals surface area contributed by atoms with Gasteiger partial charge in [0.2, 0.25) is 0 Å². The highest BCUT2D eigenvalue weighted by Crippen LogP contribution is 2.29. The van der Waals surface area contributed by atoms with E-state index in [1.807, 2.05) is 12.1 Å². The average molecular weight is 244 g/mol. The van der Waals surface area contributed by atoms with E-state index >= 15 is 0 Å². The molecule has 0 aromatic heterocycles. The highest BCUT2D eigenvalue weighted by molar-refractivity contribution is 5.58. The molecule has 3 heteroatoms. The van der Waals surface area contributed by atoms with Crippen LogP contribution in [0.3, 0.4) is 0 Å². The van der Waals surface area contributed by atoms with Crippen molar-refractivity contribution in [1.82, 2.24) is 0 Å². The predicted octanol–water partition coefficient (Wildman–Crippen LogP) is 2.99. The molecule has 1 aromatic rings. The highest BCUT2D eigenvalue weighted by Gasteiger charge is 2.16. The molecular formula is C15H20N2O. The zero-order chi connectivity index (χ0) is 13.0. The number of aliphatic hydroxyl groups excluding tert-OH is 1. The van der Waals surface area contributed by atoms with Crippen molar-refractivity contribution in [2.45, 2.75) is 38.7 Å². The largest absolute Gasteiger partial charge is 0.389 e. The zero-order valence-electron chi connectivity index (χ0n) is 10.9. The molecule has 0 amide bonds. The number of anilines is 1. The van der Waals surface area contributed by atoms with E-state index in [1.54, 1.807) is 13.0 Å². The molecule has 0 bridgehead atoms. The molecule has 18 heavy (non-hydrogen) atoms. The number of nitriles is 1. The quantitative estimate of drug-likeness (QED) is 0.870. The van der Waals surface area contributed by atoms with Crippen LogP contribution in [0.4, 0.5) is 5.69 Å². The third kappa shape index (κ3) is 2.83. The number of aliphatic hydroxyl groups is 1. The first-order chi connectivity index (χ1) is 8.72. The monoisotopic (exact) mass is 244 g/mol. The van der Waals surface area contributed by atoms with Crippen LogP contribution >= 0.6 is 0 Å². The number of hydrogen-bond acceptors (Lipinski definition) is 3. The normalized spacial score (nSPS) is 17.9. The fraction of sp³-hybridized carbons (Fsp3) is 0.533. The maximum Gasteiger partial charge on any atom is 0.0992 e. The van der Waals surface area contributed by atoms with Crippen LogP contribution in [0.2, 0.25) is 0 Å².